The fourth-order valence-corrected chi connectivity index (χ4v) is 3.01. The van der Waals surface area contributed by atoms with Gasteiger partial charge in [0.2, 0.25) is 0 Å². The van der Waals surface area contributed by atoms with Gasteiger partial charge in [-0.25, -0.2) is 12.8 Å². The summed E-state index contributed by atoms with van der Waals surface area (Å²) in [6.07, 6.45) is -4.67. The molecule has 0 bridgehead atoms. The van der Waals surface area contributed by atoms with Crippen molar-refractivity contribution in [2.45, 2.75) is 11.1 Å². The summed E-state index contributed by atoms with van der Waals surface area (Å²) in [4.78, 5) is -0.581. The Balaban J connectivity index is 2.39. The molecular weight excluding hydrogens is 346 g/mol. The highest BCUT2D eigenvalue weighted by Crippen LogP contribution is 2.31. The third-order valence-electron chi connectivity index (χ3n) is 2.65. The zero-order valence-corrected chi connectivity index (χ0v) is 12.2. The molecule has 0 radical (unpaired) electrons. The van der Waals surface area contributed by atoms with Crippen molar-refractivity contribution in [1.29, 1.82) is 0 Å². The van der Waals surface area contributed by atoms with E-state index in [4.69, 9.17) is 11.6 Å². The first-order valence-corrected chi connectivity index (χ1v) is 7.61. The number of benzene rings is 2. The molecule has 0 amide bonds. The lowest BCUT2D eigenvalue weighted by atomic mass is 10.2. The average molecular weight is 354 g/mol. The van der Waals surface area contributed by atoms with E-state index in [2.05, 4.69) is 0 Å². The lowest BCUT2D eigenvalue weighted by molar-refractivity contribution is -0.137. The maximum atomic E-state index is 12.9. The minimum atomic E-state index is -4.67. The smallest absolute Gasteiger partial charge is 0.278 e. The first kappa shape index (κ1) is 16.6. The Morgan fingerprint density at radius 3 is 2.32 bits per heavy atom. The number of halogens is 5. The largest absolute Gasteiger partial charge is 0.416 e. The van der Waals surface area contributed by atoms with Gasteiger partial charge in [-0.05, 0) is 36.4 Å². The molecule has 9 heteroatoms. The van der Waals surface area contributed by atoms with Gasteiger partial charge < -0.3 is 0 Å². The fourth-order valence-electron chi connectivity index (χ4n) is 1.62. The van der Waals surface area contributed by atoms with Crippen molar-refractivity contribution in [3.63, 3.8) is 0 Å². The molecule has 2 rings (SSSR count). The molecule has 0 fully saturated rings. The minimum absolute atomic E-state index is 0.138. The van der Waals surface area contributed by atoms with Crippen molar-refractivity contribution < 1.29 is 26.0 Å². The van der Waals surface area contributed by atoms with Crippen molar-refractivity contribution in [3.05, 3.63) is 58.9 Å². The van der Waals surface area contributed by atoms with Gasteiger partial charge in [-0.15, -0.1) is 0 Å². The number of anilines is 1. The maximum Gasteiger partial charge on any atom is 0.416 e. The van der Waals surface area contributed by atoms with E-state index < -0.39 is 32.5 Å². The van der Waals surface area contributed by atoms with E-state index in [1.54, 1.807) is 0 Å². The van der Waals surface area contributed by atoms with Gasteiger partial charge in [-0.3, -0.25) is 4.72 Å². The van der Waals surface area contributed by atoms with E-state index in [-0.39, 0.29) is 10.7 Å². The van der Waals surface area contributed by atoms with Gasteiger partial charge in [0.05, 0.1) is 21.2 Å². The Hall–Kier alpha value is -1.80. The molecule has 1 N–H and O–H groups in total. The van der Waals surface area contributed by atoms with Crippen LogP contribution < -0.4 is 4.72 Å². The van der Waals surface area contributed by atoms with Crippen molar-refractivity contribution >= 4 is 27.3 Å². The van der Waals surface area contributed by atoms with Gasteiger partial charge in [0.25, 0.3) is 10.0 Å². The molecule has 0 aliphatic heterocycles. The van der Waals surface area contributed by atoms with Crippen LogP contribution in [0.4, 0.5) is 23.2 Å². The summed E-state index contributed by atoms with van der Waals surface area (Å²) >= 11 is 5.68. The number of hydrogen-bond acceptors (Lipinski definition) is 2. The van der Waals surface area contributed by atoms with E-state index >= 15 is 0 Å². The predicted octanol–water partition coefficient (Wildman–Crippen LogP) is 4.30. The van der Waals surface area contributed by atoms with Gasteiger partial charge >= 0.3 is 6.18 Å². The second kappa shape index (κ2) is 5.77. The van der Waals surface area contributed by atoms with E-state index in [1.165, 1.54) is 0 Å². The molecule has 0 aliphatic rings. The highest BCUT2D eigenvalue weighted by atomic mass is 35.5. The minimum Gasteiger partial charge on any atom is -0.278 e. The summed E-state index contributed by atoms with van der Waals surface area (Å²) in [5, 5.41) is -0.212. The Morgan fingerprint density at radius 2 is 1.73 bits per heavy atom. The third-order valence-corrected chi connectivity index (χ3v) is 4.32. The number of sulfonamides is 1. The molecule has 2 aromatic rings. The molecule has 3 nitrogen and oxygen atoms in total. The lowest BCUT2D eigenvalue weighted by Crippen LogP contribution is -2.15. The standard InChI is InChI=1S/C13H8ClF4NO2S/c14-11-7-9(15)4-5-12(11)19-22(20,21)10-3-1-2-8(6-10)13(16,17)18/h1-7,19H. The Bertz CT molecular complexity index is 806. The van der Waals surface area contributed by atoms with Crippen molar-refractivity contribution in [2.24, 2.45) is 0 Å². The van der Waals surface area contributed by atoms with Gasteiger partial charge in [0, 0.05) is 0 Å². The summed E-state index contributed by atoms with van der Waals surface area (Å²) in [5.74, 6) is -0.674. The molecule has 118 valence electrons. The molecule has 0 atom stereocenters. The van der Waals surface area contributed by atoms with Crippen LogP contribution in [0.2, 0.25) is 5.02 Å². The van der Waals surface area contributed by atoms with Crippen molar-refractivity contribution in [2.75, 3.05) is 4.72 Å². The molecule has 0 saturated heterocycles. The zero-order valence-electron chi connectivity index (χ0n) is 10.7. The van der Waals surface area contributed by atoms with E-state index in [0.717, 1.165) is 36.4 Å². The highest BCUT2D eigenvalue weighted by molar-refractivity contribution is 7.92. The number of hydrogen-bond donors (Lipinski definition) is 1. The summed E-state index contributed by atoms with van der Waals surface area (Å²) in [5.41, 5.74) is -1.24. The van der Waals surface area contributed by atoms with Crippen molar-refractivity contribution in [3.8, 4) is 0 Å². The fraction of sp³-hybridized carbons (Fsp3) is 0.0769. The maximum absolute atomic E-state index is 12.9. The van der Waals surface area contributed by atoms with Crippen LogP contribution in [0.15, 0.2) is 47.4 Å². The number of rotatable bonds is 3. The van der Waals surface area contributed by atoms with Gasteiger partial charge in [0.1, 0.15) is 5.82 Å². The van der Waals surface area contributed by atoms with Gasteiger partial charge in [-0.2, -0.15) is 13.2 Å². The summed E-state index contributed by atoms with van der Waals surface area (Å²) < 4.78 is 76.9. The second-order valence-electron chi connectivity index (χ2n) is 4.26. The van der Waals surface area contributed by atoms with Crippen LogP contribution in [-0.4, -0.2) is 8.42 Å². The van der Waals surface area contributed by atoms with Crippen LogP contribution in [0.1, 0.15) is 5.56 Å². The topological polar surface area (TPSA) is 46.2 Å². The quantitative estimate of drug-likeness (QED) is 0.836. The van der Waals surface area contributed by atoms with E-state index in [1.807, 2.05) is 4.72 Å². The molecule has 0 spiro atoms. The van der Waals surface area contributed by atoms with E-state index in [9.17, 15) is 26.0 Å². The second-order valence-corrected chi connectivity index (χ2v) is 6.34. The molecular formula is C13H8ClF4NO2S. The summed E-state index contributed by atoms with van der Waals surface area (Å²) in [6, 6.07) is 6.16. The molecule has 22 heavy (non-hydrogen) atoms. The predicted molar refractivity (Wildman–Crippen MR) is 73.7 cm³/mol. The normalized spacial score (nSPS) is 12.2. The van der Waals surface area contributed by atoms with Crippen LogP contribution in [0.3, 0.4) is 0 Å². The van der Waals surface area contributed by atoms with Gasteiger partial charge in [-0.1, -0.05) is 17.7 Å². The molecule has 0 aliphatic carbocycles. The average Bonchev–Trinajstić information content (AvgIpc) is 2.41. The van der Waals surface area contributed by atoms with Crippen LogP contribution in [0.5, 0.6) is 0 Å². The van der Waals surface area contributed by atoms with Crippen LogP contribution >= 0.6 is 11.6 Å². The first-order chi connectivity index (χ1) is 10.1. The molecule has 0 aromatic heterocycles. The lowest BCUT2D eigenvalue weighted by Gasteiger charge is -2.12. The monoisotopic (exact) mass is 353 g/mol. The Morgan fingerprint density at radius 1 is 1.05 bits per heavy atom. The molecule has 0 unspecified atom stereocenters. The first-order valence-electron chi connectivity index (χ1n) is 5.75. The van der Waals surface area contributed by atoms with Crippen LogP contribution in [0.25, 0.3) is 0 Å². The van der Waals surface area contributed by atoms with Crippen LogP contribution in [0, 0.1) is 5.82 Å². The van der Waals surface area contributed by atoms with Crippen molar-refractivity contribution in [1.82, 2.24) is 0 Å². The summed E-state index contributed by atoms with van der Waals surface area (Å²) in [7, 11) is -4.29. The SMILES string of the molecule is O=S(=O)(Nc1ccc(F)cc1Cl)c1cccc(C(F)(F)F)c1. The third kappa shape index (κ3) is 3.69. The summed E-state index contributed by atoms with van der Waals surface area (Å²) in [6.45, 7) is 0. The Kier molecular flexibility index (Phi) is 4.35. The van der Waals surface area contributed by atoms with E-state index in [0.29, 0.717) is 6.07 Å². The molecule has 0 saturated carbocycles. The number of alkyl halides is 3. The highest BCUT2D eigenvalue weighted by Gasteiger charge is 2.31. The Labute approximate surface area is 128 Å². The zero-order chi connectivity index (χ0) is 16.5. The number of nitrogens with one attached hydrogen (secondary N) is 1. The molecule has 0 heterocycles. The molecule has 2 aromatic carbocycles. The van der Waals surface area contributed by atoms with Crippen LogP contribution in [-0.2, 0) is 16.2 Å². The van der Waals surface area contributed by atoms with Gasteiger partial charge in [0.15, 0.2) is 0 Å².